The van der Waals surface area contributed by atoms with Gasteiger partial charge in [-0.15, -0.1) is 0 Å². The van der Waals surface area contributed by atoms with Crippen LogP contribution in [0.4, 0.5) is 0 Å². The summed E-state index contributed by atoms with van der Waals surface area (Å²) in [5.74, 6) is 0.0631. The molecule has 0 atom stereocenters. The zero-order valence-electron chi connectivity index (χ0n) is 8.86. The number of aryl methyl sites for hydroxylation is 1. The number of amides is 1. The van der Waals surface area contributed by atoms with Crippen molar-refractivity contribution in [1.29, 1.82) is 0 Å². The molecule has 0 bridgehead atoms. The van der Waals surface area contributed by atoms with Crippen LogP contribution < -0.4 is 5.73 Å². The van der Waals surface area contributed by atoms with Crippen molar-refractivity contribution in [2.75, 3.05) is 13.1 Å². The maximum Gasteiger partial charge on any atom is 0.257 e. The molecule has 1 amide bonds. The van der Waals surface area contributed by atoms with Crippen LogP contribution >= 0.6 is 0 Å². The lowest BCUT2D eigenvalue weighted by Gasteiger charge is -2.30. The van der Waals surface area contributed by atoms with Crippen LogP contribution in [0.1, 0.15) is 28.9 Å². The summed E-state index contributed by atoms with van der Waals surface area (Å²) in [6, 6.07) is 0.250. The normalized spacial score (nSPS) is 18.1. The summed E-state index contributed by atoms with van der Waals surface area (Å²) in [4.78, 5) is 13.9. The van der Waals surface area contributed by atoms with Gasteiger partial charge in [0.25, 0.3) is 5.91 Å². The molecule has 2 rings (SSSR count). The van der Waals surface area contributed by atoms with Crippen molar-refractivity contribution in [3.8, 4) is 0 Å². The van der Waals surface area contributed by atoms with Gasteiger partial charge in [0, 0.05) is 24.8 Å². The van der Waals surface area contributed by atoms with E-state index < -0.39 is 0 Å². The molecule has 0 radical (unpaired) electrons. The minimum atomic E-state index is 0.0631. The monoisotopic (exact) mass is 208 g/mol. The maximum absolute atomic E-state index is 12.0. The average Bonchev–Trinajstić information content (AvgIpc) is 2.65. The third-order valence-electron chi connectivity index (χ3n) is 2.89. The van der Waals surface area contributed by atoms with Gasteiger partial charge < -0.3 is 10.6 Å². The molecule has 1 aliphatic rings. The van der Waals surface area contributed by atoms with Gasteiger partial charge in [-0.2, -0.15) is 5.10 Å². The lowest BCUT2D eigenvalue weighted by atomic mass is 10.1. The van der Waals surface area contributed by atoms with Gasteiger partial charge in [-0.3, -0.25) is 9.89 Å². The fourth-order valence-corrected chi connectivity index (χ4v) is 1.84. The van der Waals surface area contributed by atoms with Crippen LogP contribution in [0.5, 0.6) is 0 Å². The fraction of sp³-hybridized carbons (Fsp3) is 0.600. The highest BCUT2D eigenvalue weighted by Crippen LogP contribution is 2.13. The number of aromatic nitrogens is 2. The molecular formula is C10H16N4O. The highest BCUT2D eigenvalue weighted by atomic mass is 16.2. The van der Waals surface area contributed by atoms with E-state index in [2.05, 4.69) is 10.2 Å². The number of carbonyl (C=O) groups is 1. The smallest absolute Gasteiger partial charge is 0.257 e. The Hall–Kier alpha value is -1.36. The van der Waals surface area contributed by atoms with Crippen LogP contribution in [-0.4, -0.2) is 40.1 Å². The Morgan fingerprint density at radius 3 is 2.80 bits per heavy atom. The third-order valence-corrected chi connectivity index (χ3v) is 2.89. The Bertz CT molecular complexity index is 352. The molecule has 0 saturated carbocycles. The van der Waals surface area contributed by atoms with E-state index in [0.29, 0.717) is 5.56 Å². The van der Waals surface area contributed by atoms with Crippen molar-refractivity contribution in [2.45, 2.75) is 25.8 Å². The highest BCUT2D eigenvalue weighted by Gasteiger charge is 2.23. The molecule has 0 spiro atoms. The van der Waals surface area contributed by atoms with E-state index in [0.717, 1.165) is 31.6 Å². The average molecular weight is 208 g/mol. The quantitative estimate of drug-likeness (QED) is 0.696. The van der Waals surface area contributed by atoms with E-state index >= 15 is 0 Å². The first-order chi connectivity index (χ1) is 7.18. The topological polar surface area (TPSA) is 75.0 Å². The molecule has 2 heterocycles. The van der Waals surface area contributed by atoms with E-state index in [1.165, 1.54) is 0 Å². The van der Waals surface area contributed by atoms with Crippen LogP contribution in [0, 0.1) is 6.92 Å². The molecule has 1 saturated heterocycles. The molecule has 3 N–H and O–H groups in total. The minimum Gasteiger partial charge on any atom is -0.338 e. The third kappa shape index (κ3) is 2.02. The van der Waals surface area contributed by atoms with E-state index in [4.69, 9.17) is 5.73 Å². The van der Waals surface area contributed by atoms with E-state index in [-0.39, 0.29) is 11.9 Å². The molecule has 1 aromatic heterocycles. The van der Waals surface area contributed by atoms with Gasteiger partial charge in [0.05, 0.1) is 11.8 Å². The Morgan fingerprint density at radius 2 is 2.27 bits per heavy atom. The molecule has 82 valence electrons. The lowest BCUT2D eigenvalue weighted by Crippen LogP contribution is -2.42. The molecule has 0 aromatic carbocycles. The van der Waals surface area contributed by atoms with Crippen LogP contribution in [0.25, 0.3) is 0 Å². The van der Waals surface area contributed by atoms with Gasteiger partial charge in [0.1, 0.15) is 0 Å². The molecule has 1 aliphatic heterocycles. The molecule has 0 aliphatic carbocycles. The number of piperidine rings is 1. The second kappa shape index (κ2) is 4.02. The SMILES string of the molecule is Cc1[nH]ncc1C(=O)N1CCC(N)CC1. The number of hydrogen-bond acceptors (Lipinski definition) is 3. The maximum atomic E-state index is 12.0. The summed E-state index contributed by atoms with van der Waals surface area (Å²) in [6.45, 7) is 3.37. The molecule has 15 heavy (non-hydrogen) atoms. The largest absolute Gasteiger partial charge is 0.338 e. The van der Waals surface area contributed by atoms with Crippen molar-refractivity contribution >= 4 is 5.91 Å². The first kappa shape index (κ1) is 10.2. The second-order valence-corrected chi connectivity index (χ2v) is 4.04. The Morgan fingerprint density at radius 1 is 1.60 bits per heavy atom. The van der Waals surface area contributed by atoms with E-state index in [9.17, 15) is 4.79 Å². The lowest BCUT2D eigenvalue weighted by molar-refractivity contribution is 0.0714. The number of aromatic amines is 1. The Kier molecular flexibility index (Phi) is 2.73. The van der Waals surface area contributed by atoms with Crippen LogP contribution in [0.15, 0.2) is 6.20 Å². The number of carbonyl (C=O) groups excluding carboxylic acids is 1. The molecule has 5 nitrogen and oxygen atoms in total. The first-order valence-corrected chi connectivity index (χ1v) is 5.23. The molecule has 1 fully saturated rings. The molecule has 1 aromatic rings. The van der Waals surface area contributed by atoms with Gasteiger partial charge in [0.2, 0.25) is 0 Å². The highest BCUT2D eigenvalue weighted by molar-refractivity contribution is 5.95. The molecular weight excluding hydrogens is 192 g/mol. The zero-order valence-corrected chi connectivity index (χ0v) is 8.86. The number of nitrogens with one attached hydrogen (secondary N) is 1. The van der Waals surface area contributed by atoms with Crippen LogP contribution in [0.3, 0.4) is 0 Å². The summed E-state index contributed by atoms with van der Waals surface area (Å²) in [5.41, 5.74) is 7.29. The molecule has 5 heteroatoms. The van der Waals surface area contributed by atoms with Crippen LogP contribution in [0.2, 0.25) is 0 Å². The number of H-pyrrole nitrogens is 1. The summed E-state index contributed by atoms with van der Waals surface area (Å²) in [6.07, 6.45) is 3.37. The molecule has 0 unspecified atom stereocenters. The number of hydrogen-bond donors (Lipinski definition) is 2. The number of rotatable bonds is 1. The predicted octanol–water partition coefficient (Wildman–Crippen LogP) is 0.281. The predicted molar refractivity (Wildman–Crippen MR) is 56.4 cm³/mol. The second-order valence-electron chi connectivity index (χ2n) is 4.04. The first-order valence-electron chi connectivity index (χ1n) is 5.23. The minimum absolute atomic E-state index is 0.0631. The number of likely N-dealkylation sites (tertiary alicyclic amines) is 1. The standard InChI is InChI=1S/C10H16N4O/c1-7-9(6-12-13-7)10(15)14-4-2-8(11)3-5-14/h6,8H,2-5,11H2,1H3,(H,12,13). The summed E-state index contributed by atoms with van der Waals surface area (Å²) >= 11 is 0. The van der Waals surface area contributed by atoms with Crippen LogP contribution in [-0.2, 0) is 0 Å². The van der Waals surface area contributed by atoms with Gasteiger partial charge in [-0.25, -0.2) is 0 Å². The van der Waals surface area contributed by atoms with Gasteiger partial charge in [-0.05, 0) is 19.8 Å². The Balaban J connectivity index is 2.06. The van der Waals surface area contributed by atoms with Gasteiger partial charge in [0.15, 0.2) is 0 Å². The van der Waals surface area contributed by atoms with Crippen molar-refractivity contribution in [3.05, 3.63) is 17.5 Å². The fourth-order valence-electron chi connectivity index (χ4n) is 1.84. The van der Waals surface area contributed by atoms with Crippen molar-refractivity contribution in [2.24, 2.45) is 5.73 Å². The number of nitrogens with two attached hydrogens (primary N) is 1. The van der Waals surface area contributed by atoms with Crippen molar-refractivity contribution in [3.63, 3.8) is 0 Å². The van der Waals surface area contributed by atoms with E-state index in [1.54, 1.807) is 6.20 Å². The summed E-state index contributed by atoms with van der Waals surface area (Å²) in [7, 11) is 0. The summed E-state index contributed by atoms with van der Waals surface area (Å²) in [5, 5.41) is 6.63. The van der Waals surface area contributed by atoms with Gasteiger partial charge in [-0.1, -0.05) is 0 Å². The number of nitrogens with zero attached hydrogens (tertiary/aromatic N) is 2. The zero-order chi connectivity index (χ0) is 10.8. The Labute approximate surface area is 88.6 Å². The van der Waals surface area contributed by atoms with Gasteiger partial charge >= 0.3 is 0 Å². The van der Waals surface area contributed by atoms with Crippen molar-refractivity contribution < 1.29 is 4.79 Å². The van der Waals surface area contributed by atoms with Crippen molar-refractivity contribution in [1.82, 2.24) is 15.1 Å². The summed E-state index contributed by atoms with van der Waals surface area (Å²) < 4.78 is 0. The van der Waals surface area contributed by atoms with E-state index in [1.807, 2.05) is 11.8 Å².